The summed E-state index contributed by atoms with van der Waals surface area (Å²) in [4.78, 5) is 38.3. The van der Waals surface area contributed by atoms with Crippen molar-refractivity contribution in [3.05, 3.63) is 134 Å². The molecule has 6 heteroatoms. The molecule has 0 heterocycles. The maximum Gasteiger partial charge on any atom is 0.306 e. The van der Waals surface area contributed by atoms with Crippen LogP contribution < -0.4 is 0 Å². The van der Waals surface area contributed by atoms with Crippen LogP contribution in [0.1, 0.15) is 284 Å². The number of carbonyl (C=O) groups is 3. The minimum Gasteiger partial charge on any atom is -0.462 e. The van der Waals surface area contributed by atoms with E-state index in [0.717, 1.165) is 161 Å². The summed E-state index contributed by atoms with van der Waals surface area (Å²) in [5.74, 6) is -0.920. The van der Waals surface area contributed by atoms with Crippen molar-refractivity contribution in [3.63, 3.8) is 0 Å². The fraction of sp³-hybridized carbons (Fsp3) is 0.653. The lowest BCUT2D eigenvalue weighted by Gasteiger charge is -2.18. The van der Waals surface area contributed by atoms with Gasteiger partial charge in [-0.25, -0.2) is 0 Å². The minimum atomic E-state index is -0.797. The molecular formula is C72H118O6. The number of unbranched alkanes of at least 4 members (excludes halogenated alkanes) is 24. The fourth-order valence-corrected chi connectivity index (χ4v) is 8.65. The molecule has 0 aliphatic carbocycles. The number of carbonyl (C=O) groups excluding carboxylic acids is 3. The van der Waals surface area contributed by atoms with E-state index in [1.165, 1.54) is 83.5 Å². The normalized spacial score (nSPS) is 13.0. The molecule has 0 radical (unpaired) electrons. The molecular weight excluding hydrogens is 961 g/mol. The van der Waals surface area contributed by atoms with Crippen LogP contribution in [0.3, 0.4) is 0 Å². The standard InChI is InChI=1S/C72H118O6/c1-4-7-10-13-16-19-22-25-28-29-30-31-32-33-34-35-36-37-38-39-40-41-42-43-45-47-50-53-56-59-62-65-71(74)77-68-69(67-76-70(73)64-61-58-55-52-49-46-27-24-21-18-15-12-9-6-3)78-72(75)66-63-60-57-54-51-48-44-26-23-20-17-14-11-8-5-2/h7-8,10-11,16-17,19-20,25-26,28,30-31,33-34,36-37,39-40,42-44,69H,4-6,9,12-15,18,21-24,27,29,32,35,38,41,45-68H2,1-3H3/b10-7-,11-8-,19-16-,20-17-,28-25-,31-30-,34-33-,37-36-,40-39-,43-42-,44-26-. The number of rotatable bonds is 57. The van der Waals surface area contributed by atoms with Gasteiger partial charge in [-0.2, -0.15) is 0 Å². The fourth-order valence-electron chi connectivity index (χ4n) is 8.65. The Labute approximate surface area is 481 Å². The van der Waals surface area contributed by atoms with Gasteiger partial charge >= 0.3 is 17.9 Å². The second-order valence-electron chi connectivity index (χ2n) is 20.9. The number of hydrogen-bond donors (Lipinski definition) is 0. The first-order chi connectivity index (χ1) is 38.5. The molecule has 6 nitrogen and oxygen atoms in total. The van der Waals surface area contributed by atoms with Gasteiger partial charge in [-0.1, -0.05) is 283 Å². The first-order valence-corrected chi connectivity index (χ1v) is 32.2. The molecule has 0 fully saturated rings. The highest BCUT2D eigenvalue weighted by molar-refractivity contribution is 5.71. The molecule has 78 heavy (non-hydrogen) atoms. The van der Waals surface area contributed by atoms with Gasteiger partial charge in [-0.3, -0.25) is 14.4 Å². The van der Waals surface area contributed by atoms with E-state index in [4.69, 9.17) is 14.2 Å². The number of esters is 3. The summed E-state index contributed by atoms with van der Waals surface area (Å²) >= 11 is 0. The molecule has 0 rings (SSSR count). The van der Waals surface area contributed by atoms with E-state index in [-0.39, 0.29) is 31.1 Å². The first kappa shape index (κ1) is 73.5. The number of allylic oxidation sites excluding steroid dienone is 22. The Hall–Kier alpha value is -4.45. The second-order valence-corrected chi connectivity index (χ2v) is 20.9. The van der Waals surface area contributed by atoms with Crippen LogP contribution in [0.5, 0.6) is 0 Å². The largest absolute Gasteiger partial charge is 0.462 e. The van der Waals surface area contributed by atoms with E-state index >= 15 is 0 Å². The van der Waals surface area contributed by atoms with Crippen molar-refractivity contribution in [3.8, 4) is 0 Å². The summed E-state index contributed by atoms with van der Waals surface area (Å²) in [5.41, 5.74) is 0. The summed E-state index contributed by atoms with van der Waals surface area (Å²) < 4.78 is 16.9. The van der Waals surface area contributed by atoms with Gasteiger partial charge in [0.1, 0.15) is 13.2 Å². The van der Waals surface area contributed by atoms with E-state index in [1.807, 2.05) is 0 Å². The van der Waals surface area contributed by atoms with Gasteiger partial charge in [0, 0.05) is 19.3 Å². The van der Waals surface area contributed by atoms with Crippen molar-refractivity contribution in [1.29, 1.82) is 0 Å². The topological polar surface area (TPSA) is 78.9 Å². The highest BCUT2D eigenvalue weighted by Crippen LogP contribution is 2.15. The number of ether oxygens (including phenoxy) is 3. The lowest BCUT2D eigenvalue weighted by molar-refractivity contribution is -0.167. The molecule has 0 aliphatic rings. The Balaban J connectivity index is 4.34. The summed E-state index contributed by atoms with van der Waals surface area (Å²) in [7, 11) is 0. The quantitative estimate of drug-likeness (QED) is 0.0261. The minimum absolute atomic E-state index is 0.0906. The Kier molecular flexibility index (Phi) is 61.4. The molecule has 1 unspecified atom stereocenters. The molecule has 0 bridgehead atoms. The van der Waals surface area contributed by atoms with Crippen molar-refractivity contribution in [2.75, 3.05) is 13.2 Å². The van der Waals surface area contributed by atoms with Gasteiger partial charge in [-0.05, 0) is 116 Å². The predicted octanol–water partition coefficient (Wildman–Crippen LogP) is 22.2. The Bertz CT molecular complexity index is 1670. The molecule has 0 aromatic rings. The first-order valence-electron chi connectivity index (χ1n) is 32.2. The molecule has 1 atom stereocenters. The third-order valence-electron chi connectivity index (χ3n) is 13.4. The lowest BCUT2D eigenvalue weighted by atomic mass is 10.0. The van der Waals surface area contributed by atoms with E-state index in [1.54, 1.807) is 0 Å². The van der Waals surface area contributed by atoms with Gasteiger partial charge < -0.3 is 14.2 Å². The van der Waals surface area contributed by atoms with Gasteiger partial charge in [0.25, 0.3) is 0 Å². The average Bonchev–Trinajstić information content (AvgIpc) is 3.44. The molecule has 0 amide bonds. The zero-order valence-electron chi connectivity index (χ0n) is 50.6. The van der Waals surface area contributed by atoms with Crippen LogP contribution in [0.4, 0.5) is 0 Å². The summed E-state index contributed by atoms with van der Waals surface area (Å²) in [6.45, 7) is 6.40. The molecule has 0 aromatic carbocycles. The van der Waals surface area contributed by atoms with Crippen molar-refractivity contribution in [1.82, 2.24) is 0 Å². The van der Waals surface area contributed by atoms with Crippen molar-refractivity contribution in [2.45, 2.75) is 290 Å². The molecule has 0 aliphatic heterocycles. The van der Waals surface area contributed by atoms with Crippen LogP contribution in [-0.4, -0.2) is 37.2 Å². The molecule has 0 saturated carbocycles. The van der Waals surface area contributed by atoms with Gasteiger partial charge in [0.2, 0.25) is 0 Å². The van der Waals surface area contributed by atoms with E-state index in [9.17, 15) is 14.4 Å². The van der Waals surface area contributed by atoms with Gasteiger partial charge in [0.15, 0.2) is 6.10 Å². The van der Waals surface area contributed by atoms with E-state index in [2.05, 4.69) is 154 Å². The highest BCUT2D eigenvalue weighted by Gasteiger charge is 2.19. The van der Waals surface area contributed by atoms with E-state index in [0.29, 0.717) is 19.3 Å². The SMILES string of the molecule is CC/C=C\C/C=C\C/C=C\C/C=C\C/C=C\C/C=C\C/C=C\C/C=C\CCCCCCCCC(=O)OCC(COC(=O)CCCCCCCCCCCCCCCC)OC(=O)CCCCCCC/C=C\C/C=C\C/C=C\CC. The Morgan fingerprint density at radius 2 is 0.500 bits per heavy atom. The Morgan fingerprint density at radius 3 is 0.782 bits per heavy atom. The van der Waals surface area contributed by atoms with Crippen molar-refractivity contribution >= 4 is 17.9 Å². The third-order valence-corrected chi connectivity index (χ3v) is 13.4. The Morgan fingerprint density at radius 1 is 0.269 bits per heavy atom. The maximum atomic E-state index is 12.9. The van der Waals surface area contributed by atoms with Crippen LogP contribution in [0, 0.1) is 0 Å². The van der Waals surface area contributed by atoms with Crippen LogP contribution in [0.15, 0.2) is 134 Å². The van der Waals surface area contributed by atoms with E-state index < -0.39 is 6.10 Å². The molecule has 0 aromatic heterocycles. The predicted molar refractivity (Wildman–Crippen MR) is 339 cm³/mol. The van der Waals surface area contributed by atoms with Gasteiger partial charge in [0.05, 0.1) is 0 Å². The maximum absolute atomic E-state index is 12.9. The lowest BCUT2D eigenvalue weighted by Crippen LogP contribution is -2.30. The zero-order valence-corrected chi connectivity index (χ0v) is 50.6. The molecule has 0 saturated heterocycles. The van der Waals surface area contributed by atoms with Crippen molar-refractivity contribution < 1.29 is 28.6 Å². The molecule has 0 N–H and O–H groups in total. The van der Waals surface area contributed by atoms with Crippen LogP contribution in [0.25, 0.3) is 0 Å². The summed E-state index contributed by atoms with van der Waals surface area (Å²) in [6.07, 6.45) is 91.7. The summed E-state index contributed by atoms with van der Waals surface area (Å²) in [6, 6.07) is 0. The number of hydrogen-bond acceptors (Lipinski definition) is 6. The van der Waals surface area contributed by atoms with Crippen LogP contribution in [0.2, 0.25) is 0 Å². The molecule has 442 valence electrons. The summed E-state index contributed by atoms with van der Waals surface area (Å²) in [5, 5.41) is 0. The van der Waals surface area contributed by atoms with Crippen LogP contribution >= 0.6 is 0 Å². The second kappa shape index (κ2) is 65.1. The third kappa shape index (κ3) is 62.4. The zero-order chi connectivity index (χ0) is 56.4. The van der Waals surface area contributed by atoms with Gasteiger partial charge in [-0.15, -0.1) is 0 Å². The highest BCUT2D eigenvalue weighted by atomic mass is 16.6. The van der Waals surface area contributed by atoms with Crippen LogP contribution in [-0.2, 0) is 28.6 Å². The smallest absolute Gasteiger partial charge is 0.306 e. The molecule has 0 spiro atoms. The monoisotopic (exact) mass is 1080 g/mol. The van der Waals surface area contributed by atoms with Crippen molar-refractivity contribution in [2.24, 2.45) is 0 Å². The average molecular weight is 1080 g/mol.